The molecule has 0 saturated heterocycles. The topological polar surface area (TPSA) is 106 Å². The maximum atomic E-state index is 12.3. The monoisotopic (exact) mass is 348 g/mol. The number of pyridine rings is 1. The lowest BCUT2D eigenvalue weighted by Gasteiger charge is -2.10. The fourth-order valence-corrected chi connectivity index (χ4v) is 2.44. The molecule has 8 heteroatoms. The molecule has 2 N–H and O–H groups in total. The molecule has 0 radical (unpaired) electrons. The summed E-state index contributed by atoms with van der Waals surface area (Å²) in [5.74, 6) is 0.427. The molecule has 0 saturated carbocycles. The second-order valence-electron chi connectivity index (χ2n) is 5.26. The second kappa shape index (κ2) is 10.1. The smallest absolute Gasteiger partial charge is 0.290 e. The molecule has 8 nitrogen and oxygen atoms in total. The molecular weight excluding hydrogens is 324 g/mol. The van der Waals surface area contributed by atoms with Crippen molar-refractivity contribution in [3.63, 3.8) is 0 Å². The molecule has 2 heterocycles. The number of hydrogen-bond donors (Lipinski definition) is 2. The molecule has 136 valence electrons. The maximum absolute atomic E-state index is 12.3. The van der Waals surface area contributed by atoms with E-state index in [1.165, 1.54) is 0 Å². The molecular formula is C17H24N4O4. The van der Waals surface area contributed by atoms with Gasteiger partial charge in [-0.05, 0) is 32.4 Å². The number of amides is 1. The molecule has 2 aromatic rings. The van der Waals surface area contributed by atoms with E-state index in [9.17, 15) is 9.59 Å². The Labute approximate surface area is 146 Å². The van der Waals surface area contributed by atoms with Gasteiger partial charge in [0.2, 0.25) is 0 Å². The highest BCUT2D eigenvalue weighted by molar-refractivity contribution is 5.93. The van der Waals surface area contributed by atoms with Crippen LogP contribution in [0.5, 0.6) is 0 Å². The number of nitrogens with zero attached hydrogens (tertiary/aromatic N) is 3. The van der Waals surface area contributed by atoms with Crippen LogP contribution in [-0.4, -0.2) is 31.6 Å². The molecule has 1 amide bonds. The predicted molar refractivity (Wildman–Crippen MR) is 93.5 cm³/mol. The zero-order valence-electron chi connectivity index (χ0n) is 14.7. The third-order valence-electron chi connectivity index (χ3n) is 3.63. The zero-order chi connectivity index (χ0) is 18.8. The van der Waals surface area contributed by atoms with Gasteiger partial charge in [-0.2, -0.15) is 0 Å². The fraction of sp³-hybridized carbons (Fsp3) is 0.412. The van der Waals surface area contributed by atoms with Gasteiger partial charge in [-0.15, -0.1) is 0 Å². The fourth-order valence-electron chi connectivity index (χ4n) is 2.44. The van der Waals surface area contributed by atoms with Gasteiger partial charge in [0.25, 0.3) is 17.9 Å². The summed E-state index contributed by atoms with van der Waals surface area (Å²) >= 11 is 0. The van der Waals surface area contributed by atoms with Gasteiger partial charge in [0.1, 0.15) is 11.4 Å². The van der Waals surface area contributed by atoms with Crippen molar-refractivity contribution >= 4 is 12.4 Å². The third-order valence-corrected chi connectivity index (χ3v) is 3.63. The quantitative estimate of drug-likeness (QED) is 0.768. The molecule has 2 rings (SSSR count). The van der Waals surface area contributed by atoms with Gasteiger partial charge in [0.05, 0.1) is 6.54 Å². The third kappa shape index (κ3) is 5.30. The molecule has 0 atom stereocenters. The summed E-state index contributed by atoms with van der Waals surface area (Å²) in [6.07, 6.45) is 4.60. The Balaban J connectivity index is 0.000000970. The van der Waals surface area contributed by atoms with E-state index in [0.717, 1.165) is 24.5 Å². The minimum absolute atomic E-state index is 0.168. The average Bonchev–Trinajstić information content (AvgIpc) is 3.01. The van der Waals surface area contributed by atoms with Crippen molar-refractivity contribution in [3.8, 4) is 0 Å². The molecule has 25 heavy (non-hydrogen) atoms. The van der Waals surface area contributed by atoms with Crippen molar-refractivity contribution in [3.05, 3.63) is 52.0 Å². The van der Waals surface area contributed by atoms with Crippen LogP contribution in [0.4, 0.5) is 0 Å². The van der Waals surface area contributed by atoms with Crippen molar-refractivity contribution in [2.75, 3.05) is 0 Å². The minimum atomic E-state index is -0.363. The van der Waals surface area contributed by atoms with Crippen molar-refractivity contribution in [2.24, 2.45) is 0 Å². The van der Waals surface area contributed by atoms with E-state index in [1.807, 2.05) is 24.6 Å². The van der Waals surface area contributed by atoms with Crippen molar-refractivity contribution < 1.29 is 14.7 Å². The van der Waals surface area contributed by atoms with Gasteiger partial charge < -0.3 is 19.6 Å². The zero-order valence-corrected chi connectivity index (χ0v) is 14.7. The van der Waals surface area contributed by atoms with Gasteiger partial charge in [0.15, 0.2) is 0 Å². The molecule has 2 aromatic heterocycles. The lowest BCUT2D eigenvalue weighted by Crippen LogP contribution is -2.33. The van der Waals surface area contributed by atoms with Crippen LogP contribution in [0, 0.1) is 6.92 Å². The summed E-state index contributed by atoms with van der Waals surface area (Å²) < 4.78 is 3.59. The van der Waals surface area contributed by atoms with Gasteiger partial charge in [0, 0.05) is 31.2 Å². The summed E-state index contributed by atoms with van der Waals surface area (Å²) in [5, 5.41) is 9.67. The first kappa shape index (κ1) is 20.1. The summed E-state index contributed by atoms with van der Waals surface area (Å²) in [5.41, 5.74) is 0.764. The van der Waals surface area contributed by atoms with E-state index >= 15 is 0 Å². The van der Waals surface area contributed by atoms with Crippen molar-refractivity contribution in [1.29, 1.82) is 0 Å². The van der Waals surface area contributed by atoms with Crippen LogP contribution in [0.3, 0.4) is 0 Å². The number of aromatic nitrogens is 3. The highest BCUT2D eigenvalue weighted by atomic mass is 16.3. The van der Waals surface area contributed by atoms with Crippen molar-refractivity contribution in [1.82, 2.24) is 19.4 Å². The Kier molecular flexibility index (Phi) is 8.11. The maximum Gasteiger partial charge on any atom is 0.290 e. The molecule has 0 spiro atoms. The van der Waals surface area contributed by atoms with Crippen LogP contribution in [0.15, 0.2) is 29.3 Å². The Bertz CT molecular complexity index is 764. The number of carboxylic acid groups (broad SMARTS) is 1. The second-order valence-corrected chi connectivity index (χ2v) is 5.26. The number of carbonyl (C=O) groups is 2. The molecule has 0 aliphatic rings. The molecule has 0 bridgehead atoms. The Hall–Kier alpha value is -2.90. The van der Waals surface area contributed by atoms with Gasteiger partial charge >= 0.3 is 0 Å². The number of imidazole rings is 1. The molecule has 0 fully saturated rings. The number of carbonyl (C=O) groups excluding carboxylic acids is 1. The average molecular weight is 348 g/mol. The van der Waals surface area contributed by atoms with E-state index in [0.29, 0.717) is 13.1 Å². The summed E-state index contributed by atoms with van der Waals surface area (Å²) in [7, 11) is 0. The molecule has 0 aliphatic carbocycles. The van der Waals surface area contributed by atoms with Gasteiger partial charge in [-0.25, -0.2) is 4.98 Å². The number of nitrogens with one attached hydrogen (secondary N) is 1. The normalized spacial score (nSPS) is 9.88. The van der Waals surface area contributed by atoms with E-state index in [2.05, 4.69) is 17.2 Å². The van der Waals surface area contributed by atoms with Gasteiger partial charge in [-0.3, -0.25) is 14.4 Å². The lowest BCUT2D eigenvalue weighted by atomic mass is 10.2. The first-order chi connectivity index (χ1) is 12.0. The lowest BCUT2D eigenvalue weighted by molar-refractivity contribution is -0.122. The first-order valence-corrected chi connectivity index (χ1v) is 8.06. The molecule has 0 aliphatic heterocycles. The van der Waals surface area contributed by atoms with Crippen LogP contribution in [0.25, 0.3) is 0 Å². The summed E-state index contributed by atoms with van der Waals surface area (Å²) in [4.78, 5) is 37.1. The van der Waals surface area contributed by atoms with E-state index in [-0.39, 0.29) is 23.5 Å². The predicted octanol–water partition coefficient (Wildman–Crippen LogP) is 1.41. The largest absolute Gasteiger partial charge is 0.483 e. The van der Waals surface area contributed by atoms with E-state index in [4.69, 9.17) is 9.90 Å². The highest BCUT2D eigenvalue weighted by Crippen LogP contribution is 2.02. The first-order valence-electron chi connectivity index (χ1n) is 8.06. The standard InChI is InChI=1S/C16H22N4O2.CH2O2/c1-4-9-19-10-8-17-14(19)11-18-15(21)13-7-6-12(3)20(5-2)16(13)22;2-1-3/h6-8,10H,4-5,9,11H2,1-3H3,(H,18,21);1H,(H,2,3). The van der Waals surface area contributed by atoms with Crippen LogP contribution in [0.1, 0.15) is 42.1 Å². The number of rotatable bonds is 6. The van der Waals surface area contributed by atoms with Crippen LogP contribution in [-0.2, 0) is 24.4 Å². The van der Waals surface area contributed by atoms with Crippen LogP contribution < -0.4 is 10.9 Å². The summed E-state index contributed by atoms with van der Waals surface area (Å²) in [6.45, 7) is 7.30. The minimum Gasteiger partial charge on any atom is -0.483 e. The summed E-state index contributed by atoms with van der Waals surface area (Å²) in [6, 6.07) is 3.37. The molecule has 0 unspecified atom stereocenters. The number of aryl methyl sites for hydroxylation is 2. The van der Waals surface area contributed by atoms with E-state index in [1.54, 1.807) is 22.9 Å². The van der Waals surface area contributed by atoms with Crippen LogP contribution in [0.2, 0.25) is 0 Å². The van der Waals surface area contributed by atoms with Gasteiger partial charge in [-0.1, -0.05) is 6.92 Å². The van der Waals surface area contributed by atoms with Crippen molar-refractivity contribution in [2.45, 2.75) is 46.8 Å². The Morgan fingerprint density at radius 1 is 1.36 bits per heavy atom. The SMILES string of the molecule is CCCn1ccnc1CNC(=O)c1ccc(C)n(CC)c1=O.O=CO. The Morgan fingerprint density at radius 2 is 2.04 bits per heavy atom. The number of hydrogen-bond acceptors (Lipinski definition) is 4. The van der Waals surface area contributed by atoms with E-state index < -0.39 is 0 Å². The van der Waals surface area contributed by atoms with Crippen LogP contribution >= 0.6 is 0 Å². The molecule has 0 aromatic carbocycles. The highest BCUT2D eigenvalue weighted by Gasteiger charge is 2.13. The Morgan fingerprint density at radius 3 is 2.64 bits per heavy atom.